The van der Waals surface area contributed by atoms with E-state index in [9.17, 15) is 4.79 Å². The maximum absolute atomic E-state index is 12.9. The Bertz CT molecular complexity index is 1230. The number of Topliss-reactive ketones (excluding diaryl/α,β-unsaturated/α-hetero) is 1. The smallest absolute Gasteiger partial charge is 0.196 e. The Morgan fingerprint density at radius 1 is 0.969 bits per heavy atom. The van der Waals surface area contributed by atoms with Gasteiger partial charge in [-0.25, -0.2) is 0 Å². The molecule has 0 aliphatic carbocycles. The minimum absolute atomic E-state index is 0.0493. The molecule has 32 heavy (non-hydrogen) atoms. The normalized spacial score (nSPS) is 10.7. The maximum Gasteiger partial charge on any atom is 0.196 e. The van der Waals surface area contributed by atoms with Crippen molar-refractivity contribution in [3.63, 3.8) is 0 Å². The van der Waals surface area contributed by atoms with E-state index in [4.69, 9.17) is 9.47 Å². The van der Waals surface area contributed by atoms with Gasteiger partial charge in [-0.2, -0.15) is 0 Å². The molecular formula is C23H19BrN4O3S. The molecule has 2 aromatic heterocycles. The third-order valence-electron chi connectivity index (χ3n) is 4.69. The van der Waals surface area contributed by atoms with Crippen molar-refractivity contribution in [2.45, 2.75) is 5.16 Å². The Hall–Kier alpha value is -3.17. The van der Waals surface area contributed by atoms with Crippen LogP contribution in [-0.4, -0.2) is 45.5 Å². The van der Waals surface area contributed by atoms with E-state index in [1.807, 2.05) is 41.0 Å². The van der Waals surface area contributed by atoms with Gasteiger partial charge >= 0.3 is 0 Å². The standard InChI is InChI=1S/C23H19BrN4O3S/c1-30-20-8-3-16(13-21(20)31-2)19(29)14-32-23-27-26-22(15-9-11-25-12-10-15)28(23)18-6-4-17(24)5-7-18/h3-13H,14H2,1-2H3. The molecule has 0 aliphatic heterocycles. The Balaban J connectivity index is 1.63. The minimum atomic E-state index is -0.0493. The predicted molar refractivity (Wildman–Crippen MR) is 127 cm³/mol. The number of carbonyl (C=O) groups excluding carboxylic acids is 1. The second-order valence-electron chi connectivity index (χ2n) is 6.64. The first kappa shape index (κ1) is 22.0. The molecule has 2 heterocycles. The molecule has 0 atom stereocenters. The molecule has 0 amide bonds. The van der Waals surface area contributed by atoms with Gasteiger partial charge in [0.15, 0.2) is 28.3 Å². The van der Waals surface area contributed by atoms with Gasteiger partial charge in [0.2, 0.25) is 0 Å². The van der Waals surface area contributed by atoms with Crippen LogP contribution in [0.2, 0.25) is 0 Å². The van der Waals surface area contributed by atoms with Crippen molar-refractivity contribution in [1.82, 2.24) is 19.7 Å². The summed E-state index contributed by atoms with van der Waals surface area (Å²) in [7, 11) is 3.10. The molecule has 7 nitrogen and oxygen atoms in total. The largest absolute Gasteiger partial charge is 0.493 e. The van der Waals surface area contributed by atoms with Crippen molar-refractivity contribution >= 4 is 33.5 Å². The van der Waals surface area contributed by atoms with Crippen molar-refractivity contribution in [2.75, 3.05) is 20.0 Å². The predicted octanol–water partition coefficient (Wildman–Crippen LogP) is 5.08. The molecule has 162 valence electrons. The molecule has 4 rings (SSSR count). The number of methoxy groups -OCH3 is 2. The van der Waals surface area contributed by atoms with Crippen molar-refractivity contribution < 1.29 is 14.3 Å². The van der Waals surface area contributed by atoms with Crippen molar-refractivity contribution in [1.29, 1.82) is 0 Å². The second-order valence-corrected chi connectivity index (χ2v) is 8.49. The summed E-state index contributed by atoms with van der Waals surface area (Å²) in [6, 6.07) is 16.7. The number of rotatable bonds is 8. The van der Waals surface area contributed by atoms with Crippen LogP contribution in [0.25, 0.3) is 17.1 Å². The first-order chi connectivity index (χ1) is 15.6. The second kappa shape index (κ2) is 9.97. The van der Waals surface area contributed by atoms with Crippen LogP contribution >= 0.6 is 27.7 Å². The van der Waals surface area contributed by atoms with Crippen LogP contribution in [0, 0.1) is 0 Å². The number of nitrogens with zero attached hydrogens (tertiary/aromatic N) is 4. The highest BCUT2D eigenvalue weighted by Crippen LogP contribution is 2.31. The van der Waals surface area contributed by atoms with Crippen molar-refractivity contribution in [3.8, 4) is 28.6 Å². The van der Waals surface area contributed by atoms with Gasteiger partial charge in [0, 0.05) is 33.7 Å². The van der Waals surface area contributed by atoms with E-state index in [1.165, 1.54) is 11.8 Å². The van der Waals surface area contributed by atoms with E-state index in [1.54, 1.807) is 44.8 Å². The summed E-state index contributed by atoms with van der Waals surface area (Å²) >= 11 is 4.80. The van der Waals surface area contributed by atoms with Gasteiger partial charge in [0.1, 0.15) is 0 Å². The molecule has 0 spiro atoms. The first-order valence-electron chi connectivity index (χ1n) is 9.60. The molecule has 0 saturated heterocycles. The van der Waals surface area contributed by atoms with E-state index in [0.717, 1.165) is 15.7 Å². The Kier molecular flexibility index (Phi) is 6.87. The summed E-state index contributed by atoms with van der Waals surface area (Å²) in [5, 5.41) is 9.37. The Morgan fingerprint density at radius 2 is 1.69 bits per heavy atom. The minimum Gasteiger partial charge on any atom is -0.493 e. The van der Waals surface area contributed by atoms with Gasteiger partial charge in [-0.15, -0.1) is 10.2 Å². The topological polar surface area (TPSA) is 79.1 Å². The fourth-order valence-corrected chi connectivity index (χ4v) is 4.21. The number of benzene rings is 2. The highest BCUT2D eigenvalue weighted by Gasteiger charge is 2.18. The third-order valence-corrected chi connectivity index (χ3v) is 6.15. The summed E-state index contributed by atoms with van der Waals surface area (Å²) in [4.78, 5) is 16.9. The zero-order chi connectivity index (χ0) is 22.5. The first-order valence-corrected chi connectivity index (χ1v) is 11.4. The van der Waals surface area contributed by atoms with E-state index in [0.29, 0.717) is 28.0 Å². The lowest BCUT2D eigenvalue weighted by Crippen LogP contribution is -2.05. The number of hydrogen-bond acceptors (Lipinski definition) is 7. The molecule has 0 aliphatic rings. The molecule has 0 unspecified atom stereocenters. The van der Waals surface area contributed by atoms with Crippen LogP contribution in [0.4, 0.5) is 0 Å². The van der Waals surface area contributed by atoms with Gasteiger partial charge in [0.25, 0.3) is 0 Å². The average molecular weight is 511 g/mol. The highest BCUT2D eigenvalue weighted by molar-refractivity contribution is 9.10. The Morgan fingerprint density at radius 3 is 2.38 bits per heavy atom. The molecule has 0 fully saturated rings. The summed E-state index contributed by atoms with van der Waals surface area (Å²) in [5.74, 6) is 1.91. The molecule has 9 heteroatoms. The quantitative estimate of drug-likeness (QED) is 0.241. The fourth-order valence-electron chi connectivity index (χ4n) is 3.10. The molecule has 0 radical (unpaired) electrons. The van der Waals surface area contributed by atoms with E-state index < -0.39 is 0 Å². The monoisotopic (exact) mass is 510 g/mol. The zero-order valence-corrected chi connectivity index (χ0v) is 19.8. The number of carbonyl (C=O) groups is 1. The lowest BCUT2D eigenvalue weighted by molar-refractivity contribution is 0.102. The highest BCUT2D eigenvalue weighted by atomic mass is 79.9. The number of aromatic nitrogens is 4. The van der Waals surface area contributed by atoms with Gasteiger partial charge in [-0.1, -0.05) is 27.7 Å². The van der Waals surface area contributed by atoms with Gasteiger partial charge in [-0.3, -0.25) is 14.3 Å². The number of hydrogen-bond donors (Lipinski definition) is 0. The van der Waals surface area contributed by atoms with Crippen molar-refractivity contribution in [2.24, 2.45) is 0 Å². The third kappa shape index (κ3) is 4.68. The number of halogens is 1. The molecule has 2 aromatic carbocycles. The van der Waals surface area contributed by atoms with Crippen LogP contribution in [0.1, 0.15) is 10.4 Å². The van der Waals surface area contributed by atoms with Crippen LogP contribution in [-0.2, 0) is 0 Å². The lowest BCUT2D eigenvalue weighted by atomic mass is 10.1. The SMILES string of the molecule is COc1ccc(C(=O)CSc2nnc(-c3ccncc3)n2-c2ccc(Br)cc2)cc1OC. The summed E-state index contributed by atoms with van der Waals surface area (Å²) in [6.45, 7) is 0. The van der Waals surface area contributed by atoms with E-state index in [-0.39, 0.29) is 11.5 Å². The molecule has 0 bridgehead atoms. The molecular weight excluding hydrogens is 492 g/mol. The van der Waals surface area contributed by atoms with Crippen LogP contribution in [0.15, 0.2) is 76.6 Å². The van der Waals surface area contributed by atoms with Crippen molar-refractivity contribution in [3.05, 3.63) is 77.0 Å². The van der Waals surface area contributed by atoms with Gasteiger partial charge < -0.3 is 9.47 Å². The van der Waals surface area contributed by atoms with Crippen LogP contribution < -0.4 is 9.47 Å². The molecule has 0 saturated carbocycles. The van der Waals surface area contributed by atoms with Crippen LogP contribution in [0.5, 0.6) is 11.5 Å². The molecule has 0 N–H and O–H groups in total. The number of ether oxygens (including phenoxy) is 2. The van der Waals surface area contributed by atoms with E-state index >= 15 is 0 Å². The summed E-state index contributed by atoms with van der Waals surface area (Å²) < 4.78 is 13.5. The lowest BCUT2D eigenvalue weighted by Gasteiger charge is -2.11. The average Bonchev–Trinajstić information content (AvgIpc) is 3.27. The summed E-state index contributed by atoms with van der Waals surface area (Å²) in [6.07, 6.45) is 3.42. The number of pyridine rings is 1. The number of thioether (sulfide) groups is 1. The van der Waals surface area contributed by atoms with E-state index in [2.05, 4.69) is 31.1 Å². The van der Waals surface area contributed by atoms with Crippen LogP contribution in [0.3, 0.4) is 0 Å². The zero-order valence-electron chi connectivity index (χ0n) is 17.4. The van der Waals surface area contributed by atoms with Gasteiger partial charge in [-0.05, 0) is 54.6 Å². The Labute approximate surface area is 197 Å². The number of ketones is 1. The fraction of sp³-hybridized carbons (Fsp3) is 0.130. The summed E-state index contributed by atoms with van der Waals surface area (Å²) in [5.41, 5.74) is 2.32. The van der Waals surface area contributed by atoms with Gasteiger partial charge in [0.05, 0.1) is 20.0 Å². The molecule has 4 aromatic rings. The maximum atomic E-state index is 12.9.